The van der Waals surface area contributed by atoms with Crippen molar-refractivity contribution < 1.29 is 22.7 Å². The number of aromatic nitrogens is 1. The highest BCUT2D eigenvalue weighted by atomic mass is 19.4. The van der Waals surface area contributed by atoms with E-state index in [0.29, 0.717) is 19.0 Å². The molecule has 0 unspecified atom stereocenters. The number of rotatable bonds is 5. The topological polar surface area (TPSA) is 45.7 Å². The van der Waals surface area contributed by atoms with Gasteiger partial charge in [-0.25, -0.2) is 4.98 Å². The van der Waals surface area contributed by atoms with Crippen molar-refractivity contribution in [2.75, 3.05) is 39.3 Å². The molecule has 0 atom stereocenters. The fourth-order valence-corrected chi connectivity index (χ4v) is 2.64. The smallest absolute Gasteiger partial charge is 0.422 e. The molecule has 24 heavy (non-hydrogen) atoms. The van der Waals surface area contributed by atoms with Crippen molar-refractivity contribution in [3.8, 4) is 5.88 Å². The minimum atomic E-state index is -4.47. The number of ether oxygens (including phenoxy) is 1. The number of amides is 1. The molecular weight excluding hydrogens is 323 g/mol. The SMILES string of the molecule is CC(C)CN1CCN(C(=O)c2cccnc2OCC(F)(F)F)CC1. The molecular formula is C16H22F3N3O2. The van der Waals surface area contributed by atoms with Gasteiger partial charge in [0, 0.05) is 38.9 Å². The minimum absolute atomic E-state index is 0.0686. The molecule has 1 aliphatic heterocycles. The summed E-state index contributed by atoms with van der Waals surface area (Å²) in [5, 5.41) is 0. The Morgan fingerprint density at radius 1 is 1.29 bits per heavy atom. The normalized spacial score (nSPS) is 16.5. The van der Waals surface area contributed by atoms with Crippen LogP contribution in [-0.4, -0.2) is 66.2 Å². The molecule has 1 aromatic rings. The molecule has 0 N–H and O–H groups in total. The monoisotopic (exact) mass is 345 g/mol. The van der Waals surface area contributed by atoms with E-state index in [-0.39, 0.29) is 17.4 Å². The number of carbonyl (C=O) groups is 1. The Balaban J connectivity index is 2.00. The van der Waals surface area contributed by atoms with Gasteiger partial charge in [-0.2, -0.15) is 13.2 Å². The zero-order valence-corrected chi connectivity index (χ0v) is 13.8. The lowest BCUT2D eigenvalue weighted by Crippen LogP contribution is -2.49. The molecule has 134 valence electrons. The van der Waals surface area contributed by atoms with Gasteiger partial charge in [0.2, 0.25) is 5.88 Å². The van der Waals surface area contributed by atoms with Crippen molar-refractivity contribution >= 4 is 5.91 Å². The van der Waals surface area contributed by atoms with Gasteiger partial charge in [0.25, 0.3) is 5.91 Å². The Morgan fingerprint density at radius 3 is 2.54 bits per heavy atom. The van der Waals surface area contributed by atoms with E-state index in [1.54, 1.807) is 4.90 Å². The van der Waals surface area contributed by atoms with Crippen LogP contribution in [0.2, 0.25) is 0 Å². The fourth-order valence-electron chi connectivity index (χ4n) is 2.64. The third-order valence-electron chi connectivity index (χ3n) is 3.66. The number of carbonyl (C=O) groups excluding carboxylic acids is 1. The minimum Gasteiger partial charge on any atom is -0.467 e. The molecule has 0 radical (unpaired) electrons. The first kappa shape index (κ1) is 18.5. The first-order chi connectivity index (χ1) is 11.3. The summed E-state index contributed by atoms with van der Waals surface area (Å²) in [4.78, 5) is 20.3. The van der Waals surface area contributed by atoms with Crippen LogP contribution in [0, 0.1) is 5.92 Å². The molecule has 1 saturated heterocycles. The van der Waals surface area contributed by atoms with Gasteiger partial charge >= 0.3 is 6.18 Å². The fraction of sp³-hybridized carbons (Fsp3) is 0.625. The number of hydrogen-bond acceptors (Lipinski definition) is 4. The quantitative estimate of drug-likeness (QED) is 0.822. The second-order valence-electron chi connectivity index (χ2n) is 6.25. The lowest BCUT2D eigenvalue weighted by atomic mass is 10.1. The molecule has 2 rings (SSSR count). The van der Waals surface area contributed by atoms with E-state index < -0.39 is 12.8 Å². The highest BCUT2D eigenvalue weighted by Crippen LogP contribution is 2.21. The Labute approximate surface area is 139 Å². The van der Waals surface area contributed by atoms with E-state index in [9.17, 15) is 18.0 Å². The van der Waals surface area contributed by atoms with Crippen LogP contribution in [0.5, 0.6) is 5.88 Å². The summed E-state index contributed by atoms with van der Waals surface area (Å²) in [5.41, 5.74) is 0.0686. The second-order valence-corrected chi connectivity index (χ2v) is 6.25. The maximum Gasteiger partial charge on any atom is 0.422 e. The first-order valence-electron chi connectivity index (χ1n) is 7.92. The predicted molar refractivity (Wildman–Crippen MR) is 83.0 cm³/mol. The highest BCUT2D eigenvalue weighted by molar-refractivity contribution is 5.96. The third-order valence-corrected chi connectivity index (χ3v) is 3.66. The molecule has 1 amide bonds. The number of alkyl halides is 3. The van der Waals surface area contributed by atoms with Crippen LogP contribution in [0.25, 0.3) is 0 Å². The number of pyridine rings is 1. The van der Waals surface area contributed by atoms with Crippen molar-refractivity contribution in [2.24, 2.45) is 5.92 Å². The summed E-state index contributed by atoms with van der Waals surface area (Å²) >= 11 is 0. The van der Waals surface area contributed by atoms with Gasteiger partial charge in [0.1, 0.15) is 5.56 Å². The van der Waals surface area contributed by atoms with E-state index >= 15 is 0 Å². The maximum atomic E-state index is 12.6. The van der Waals surface area contributed by atoms with Crippen LogP contribution >= 0.6 is 0 Å². The van der Waals surface area contributed by atoms with Gasteiger partial charge in [-0.3, -0.25) is 9.69 Å². The molecule has 0 aliphatic carbocycles. The van der Waals surface area contributed by atoms with Gasteiger partial charge in [-0.05, 0) is 18.1 Å². The lowest BCUT2D eigenvalue weighted by molar-refractivity contribution is -0.154. The second kappa shape index (κ2) is 7.83. The molecule has 1 fully saturated rings. The molecule has 0 spiro atoms. The molecule has 1 aromatic heterocycles. The highest BCUT2D eigenvalue weighted by Gasteiger charge is 2.30. The zero-order valence-electron chi connectivity index (χ0n) is 13.8. The third kappa shape index (κ3) is 5.36. The summed E-state index contributed by atoms with van der Waals surface area (Å²) in [5.74, 6) is -0.0677. The van der Waals surface area contributed by atoms with Gasteiger partial charge in [0.05, 0.1) is 0 Å². The van der Waals surface area contributed by atoms with Crippen molar-refractivity contribution in [1.82, 2.24) is 14.8 Å². The van der Waals surface area contributed by atoms with E-state index in [1.165, 1.54) is 18.3 Å². The number of piperazine rings is 1. The van der Waals surface area contributed by atoms with Gasteiger partial charge in [-0.1, -0.05) is 13.8 Å². The molecule has 5 nitrogen and oxygen atoms in total. The van der Waals surface area contributed by atoms with E-state index in [2.05, 4.69) is 23.7 Å². The Morgan fingerprint density at radius 2 is 1.96 bits per heavy atom. The van der Waals surface area contributed by atoms with E-state index in [1.807, 2.05) is 0 Å². The Hall–Kier alpha value is -1.83. The van der Waals surface area contributed by atoms with Crippen molar-refractivity contribution in [2.45, 2.75) is 20.0 Å². The van der Waals surface area contributed by atoms with E-state index in [0.717, 1.165) is 19.6 Å². The van der Waals surface area contributed by atoms with Crippen LogP contribution in [0.15, 0.2) is 18.3 Å². The number of hydrogen-bond donors (Lipinski definition) is 0. The summed E-state index contributed by atoms with van der Waals surface area (Å²) < 4.78 is 41.7. The van der Waals surface area contributed by atoms with Crippen LogP contribution in [-0.2, 0) is 0 Å². The average Bonchev–Trinajstić information content (AvgIpc) is 2.52. The van der Waals surface area contributed by atoms with Crippen LogP contribution < -0.4 is 4.74 Å². The molecule has 8 heteroatoms. The lowest BCUT2D eigenvalue weighted by Gasteiger charge is -2.35. The average molecular weight is 345 g/mol. The van der Waals surface area contributed by atoms with Crippen molar-refractivity contribution in [1.29, 1.82) is 0 Å². The predicted octanol–water partition coefficient (Wildman–Crippen LogP) is 2.44. The van der Waals surface area contributed by atoms with Gasteiger partial charge in [0.15, 0.2) is 6.61 Å². The van der Waals surface area contributed by atoms with Crippen LogP contribution in [0.3, 0.4) is 0 Å². The molecule has 1 aliphatic rings. The number of nitrogens with zero attached hydrogens (tertiary/aromatic N) is 3. The molecule has 2 heterocycles. The maximum absolute atomic E-state index is 12.6. The summed E-state index contributed by atoms with van der Waals surface area (Å²) in [6.45, 7) is 6.36. The molecule has 0 bridgehead atoms. The standard InChI is InChI=1S/C16H22F3N3O2/c1-12(2)10-21-6-8-22(9-7-21)15(23)13-4-3-5-20-14(13)24-11-16(17,18)19/h3-5,12H,6-11H2,1-2H3. The van der Waals surface area contributed by atoms with E-state index in [4.69, 9.17) is 4.74 Å². The summed E-state index contributed by atoms with van der Waals surface area (Å²) in [6.07, 6.45) is -3.16. The van der Waals surface area contributed by atoms with Crippen LogP contribution in [0.1, 0.15) is 24.2 Å². The zero-order chi connectivity index (χ0) is 17.7. The van der Waals surface area contributed by atoms with Gasteiger partial charge in [-0.15, -0.1) is 0 Å². The molecule has 0 aromatic carbocycles. The molecule has 0 saturated carbocycles. The summed E-state index contributed by atoms with van der Waals surface area (Å²) in [6, 6.07) is 2.96. The van der Waals surface area contributed by atoms with Gasteiger partial charge < -0.3 is 9.64 Å². The van der Waals surface area contributed by atoms with Crippen LogP contribution in [0.4, 0.5) is 13.2 Å². The first-order valence-corrected chi connectivity index (χ1v) is 7.92. The van der Waals surface area contributed by atoms with Crippen molar-refractivity contribution in [3.05, 3.63) is 23.9 Å². The van der Waals surface area contributed by atoms with Crippen molar-refractivity contribution in [3.63, 3.8) is 0 Å². The Bertz CT molecular complexity index is 556. The number of halogens is 3. The Kier molecular flexibility index (Phi) is 6.04. The largest absolute Gasteiger partial charge is 0.467 e. The summed E-state index contributed by atoms with van der Waals surface area (Å²) in [7, 11) is 0.